The van der Waals surface area contributed by atoms with Crippen molar-refractivity contribution in [1.29, 1.82) is 0 Å². The van der Waals surface area contributed by atoms with Crippen LogP contribution in [0.1, 0.15) is 12.0 Å². The molecule has 3 N–H and O–H groups in total. The molecule has 4 rings (SSSR count). The summed E-state index contributed by atoms with van der Waals surface area (Å²) >= 11 is 4.08. The number of anilines is 2. The number of nitroso groups, excluding NO2 is 1. The van der Waals surface area contributed by atoms with Crippen LogP contribution >= 0.6 is 12.6 Å². The van der Waals surface area contributed by atoms with Gasteiger partial charge in [-0.1, -0.05) is 72.8 Å². The number of nitrogens with two attached hydrogens (primary N) is 1. The maximum Gasteiger partial charge on any atom is 0.219 e. The molecule has 168 valence electrons. The molecule has 0 radical (unpaired) electrons. The molecule has 0 heterocycles. The monoisotopic (exact) mass is 458 g/mol. The van der Waals surface area contributed by atoms with Gasteiger partial charge >= 0.3 is 0 Å². The summed E-state index contributed by atoms with van der Waals surface area (Å²) in [6.07, 6.45) is 0.0589. The highest BCUT2D eigenvalue weighted by Gasteiger charge is 2.13. The van der Waals surface area contributed by atoms with Crippen LogP contribution in [0.2, 0.25) is 0 Å². The van der Waals surface area contributed by atoms with E-state index < -0.39 is 5.91 Å². The Morgan fingerprint density at radius 2 is 1.55 bits per heavy atom. The second-order valence-electron chi connectivity index (χ2n) is 7.27. The Hall–Kier alpha value is -3.84. The molecule has 0 atom stereocenters. The fraction of sp³-hybridized carbons (Fsp3) is 0.115. The maximum absolute atomic E-state index is 11.2. The molecular formula is C26H26N4O2S. The first-order chi connectivity index (χ1) is 16.1. The molecule has 0 spiro atoms. The summed E-state index contributed by atoms with van der Waals surface area (Å²) in [6, 6.07) is 31.5. The number of amides is 1. The van der Waals surface area contributed by atoms with Gasteiger partial charge in [0, 0.05) is 17.9 Å². The predicted molar refractivity (Wildman–Crippen MR) is 138 cm³/mol. The van der Waals surface area contributed by atoms with Gasteiger partial charge in [0.15, 0.2) is 0 Å². The molecule has 0 bridgehead atoms. The number of thiol groups is 1. The van der Waals surface area contributed by atoms with Gasteiger partial charge < -0.3 is 11.1 Å². The predicted octanol–water partition coefficient (Wildman–Crippen LogP) is 5.79. The van der Waals surface area contributed by atoms with Gasteiger partial charge in [-0.3, -0.25) is 4.79 Å². The molecule has 0 fully saturated rings. The number of hydrogen-bond acceptors (Lipinski definition) is 5. The lowest BCUT2D eigenvalue weighted by molar-refractivity contribution is -0.117. The number of para-hydroxylation sites is 2. The second kappa shape index (κ2) is 12.3. The third kappa shape index (κ3) is 7.08. The van der Waals surface area contributed by atoms with Crippen molar-refractivity contribution in [2.24, 2.45) is 11.0 Å². The largest absolute Gasteiger partial charge is 0.379 e. The van der Waals surface area contributed by atoms with Crippen LogP contribution in [0.25, 0.3) is 10.8 Å². The van der Waals surface area contributed by atoms with Crippen LogP contribution in [0.15, 0.2) is 107 Å². The molecule has 0 saturated carbocycles. The molecule has 4 aromatic carbocycles. The number of nitrogens with zero attached hydrogens (tertiary/aromatic N) is 2. The number of carbonyl (C=O) groups excluding carboxylic acids is 1. The molecule has 1 amide bonds. The van der Waals surface area contributed by atoms with E-state index >= 15 is 0 Å². The Balaban J connectivity index is 0.000000374. The molecule has 0 aliphatic heterocycles. The van der Waals surface area contributed by atoms with Gasteiger partial charge in [0.1, 0.15) is 0 Å². The van der Waals surface area contributed by atoms with Crippen LogP contribution in [0.4, 0.5) is 11.4 Å². The molecule has 33 heavy (non-hydrogen) atoms. The van der Waals surface area contributed by atoms with Gasteiger partial charge in [0.05, 0.1) is 23.2 Å². The van der Waals surface area contributed by atoms with E-state index in [1.165, 1.54) is 15.8 Å². The fourth-order valence-corrected chi connectivity index (χ4v) is 3.51. The highest BCUT2D eigenvalue weighted by Crippen LogP contribution is 2.27. The number of primary amides is 1. The third-order valence-corrected chi connectivity index (χ3v) is 5.25. The lowest BCUT2D eigenvalue weighted by Crippen LogP contribution is -2.23. The smallest absolute Gasteiger partial charge is 0.219 e. The first-order valence-corrected chi connectivity index (χ1v) is 11.0. The van der Waals surface area contributed by atoms with Crippen molar-refractivity contribution in [3.63, 3.8) is 0 Å². The SMILES string of the molecule is NC(=O)CCN(N=O)c1ccccc1NCc1cccc2ccccc12.Sc1ccccc1. The van der Waals surface area contributed by atoms with Crippen molar-refractivity contribution in [2.75, 3.05) is 16.9 Å². The molecule has 4 aromatic rings. The van der Waals surface area contributed by atoms with Crippen molar-refractivity contribution in [3.8, 4) is 0 Å². The van der Waals surface area contributed by atoms with Gasteiger partial charge in [-0.15, -0.1) is 17.5 Å². The Labute approximate surface area is 198 Å². The minimum absolute atomic E-state index is 0.0589. The summed E-state index contributed by atoms with van der Waals surface area (Å²) in [4.78, 5) is 23.2. The van der Waals surface area contributed by atoms with E-state index in [4.69, 9.17) is 5.73 Å². The minimum Gasteiger partial charge on any atom is -0.379 e. The third-order valence-electron chi connectivity index (χ3n) is 4.96. The highest BCUT2D eigenvalue weighted by molar-refractivity contribution is 7.80. The Bertz CT molecular complexity index is 1200. The number of benzene rings is 4. The summed E-state index contributed by atoms with van der Waals surface area (Å²) in [6.45, 7) is 0.743. The van der Waals surface area contributed by atoms with E-state index in [1.807, 2.05) is 66.7 Å². The number of carbonyl (C=O) groups is 1. The van der Waals surface area contributed by atoms with Crippen LogP contribution in [0.3, 0.4) is 0 Å². The van der Waals surface area contributed by atoms with E-state index in [2.05, 4.69) is 47.5 Å². The fourth-order valence-electron chi connectivity index (χ4n) is 3.33. The summed E-state index contributed by atoms with van der Waals surface area (Å²) in [7, 11) is 0. The van der Waals surface area contributed by atoms with Crippen LogP contribution in [0.5, 0.6) is 0 Å². The molecule has 6 nitrogen and oxygen atoms in total. The molecule has 0 unspecified atom stereocenters. The van der Waals surface area contributed by atoms with E-state index in [0.717, 1.165) is 16.1 Å². The van der Waals surface area contributed by atoms with Crippen LogP contribution in [-0.4, -0.2) is 12.5 Å². The number of nitrogens with one attached hydrogen (secondary N) is 1. The first kappa shape index (κ1) is 23.8. The quantitative estimate of drug-likeness (QED) is 0.177. The molecular weight excluding hydrogens is 432 g/mol. The zero-order valence-corrected chi connectivity index (χ0v) is 19.0. The number of rotatable bonds is 8. The maximum atomic E-state index is 11.2. The lowest BCUT2D eigenvalue weighted by Gasteiger charge is -2.19. The van der Waals surface area contributed by atoms with Gasteiger partial charge in [0.25, 0.3) is 0 Å². The molecule has 0 aliphatic carbocycles. The van der Waals surface area contributed by atoms with E-state index in [-0.39, 0.29) is 13.0 Å². The zero-order chi connectivity index (χ0) is 23.5. The van der Waals surface area contributed by atoms with Crippen molar-refractivity contribution in [1.82, 2.24) is 0 Å². The average molecular weight is 459 g/mol. The Morgan fingerprint density at radius 3 is 2.24 bits per heavy atom. The van der Waals surface area contributed by atoms with Gasteiger partial charge in [-0.2, -0.15) is 0 Å². The summed E-state index contributed by atoms with van der Waals surface area (Å²) in [5.74, 6) is -0.472. The van der Waals surface area contributed by atoms with Crippen LogP contribution in [0, 0.1) is 4.91 Å². The van der Waals surface area contributed by atoms with Crippen molar-refractivity contribution >= 4 is 40.7 Å². The Morgan fingerprint density at radius 1 is 0.879 bits per heavy atom. The standard InChI is InChI=1S/C20H20N4O2.C6H6S/c21-20(25)12-13-24(23-26)19-11-4-3-10-18(19)22-14-16-8-5-7-15-6-1-2-9-17(15)16;7-6-4-2-1-3-5-6/h1-11,22H,12-14H2,(H2,21,25);1-5,7H. The van der Waals surface area contributed by atoms with Gasteiger partial charge in [0.2, 0.25) is 5.91 Å². The normalized spacial score (nSPS) is 10.1. The van der Waals surface area contributed by atoms with Gasteiger partial charge in [-0.25, -0.2) is 5.01 Å². The van der Waals surface area contributed by atoms with Gasteiger partial charge in [-0.05, 0) is 40.6 Å². The summed E-state index contributed by atoms with van der Waals surface area (Å²) in [5.41, 5.74) is 7.71. The number of hydrogen-bond donors (Lipinski definition) is 3. The molecule has 0 aliphatic rings. The molecule has 0 saturated heterocycles. The highest BCUT2D eigenvalue weighted by atomic mass is 32.1. The Kier molecular flexibility index (Phi) is 8.85. The summed E-state index contributed by atoms with van der Waals surface area (Å²) < 4.78 is 0. The lowest BCUT2D eigenvalue weighted by atomic mass is 10.0. The minimum atomic E-state index is -0.472. The molecule has 7 heteroatoms. The van der Waals surface area contributed by atoms with Crippen molar-refractivity contribution in [2.45, 2.75) is 17.9 Å². The van der Waals surface area contributed by atoms with E-state index in [1.54, 1.807) is 6.07 Å². The second-order valence-corrected chi connectivity index (χ2v) is 7.78. The molecule has 0 aromatic heterocycles. The summed E-state index contributed by atoms with van der Waals surface area (Å²) in [5, 5.41) is 10.0. The van der Waals surface area contributed by atoms with Crippen LogP contribution < -0.4 is 16.1 Å². The number of fused-ring (bicyclic) bond motifs is 1. The van der Waals surface area contributed by atoms with Crippen LogP contribution in [-0.2, 0) is 11.3 Å². The topological polar surface area (TPSA) is 87.8 Å². The first-order valence-electron chi connectivity index (χ1n) is 10.5. The van der Waals surface area contributed by atoms with Crippen molar-refractivity contribution in [3.05, 3.63) is 108 Å². The van der Waals surface area contributed by atoms with Crippen molar-refractivity contribution < 1.29 is 4.79 Å². The van der Waals surface area contributed by atoms with E-state index in [9.17, 15) is 9.70 Å². The zero-order valence-electron chi connectivity index (χ0n) is 18.1. The average Bonchev–Trinajstić information content (AvgIpc) is 2.84. The van der Waals surface area contributed by atoms with E-state index in [0.29, 0.717) is 12.2 Å².